The Hall–Kier alpha value is -0.0900. The van der Waals surface area contributed by atoms with E-state index in [2.05, 4.69) is 5.32 Å². The first-order valence-corrected chi connectivity index (χ1v) is 6.83. The van der Waals surface area contributed by atoms with Crippen molar-refractivity contribution in [1.82, 2.24) is 5.32 Å². The van der Waals surface area contributed by atoms with Crippen LogP contribution >= 0.6 is 0 Å². The SMILES string of the molecule is CNCC1CCCC(S(C)(=O)=O)C1. The maximum atomic E-state index is 11.3. The zero-order valence-electron chi connectivity index (χ0n) is 8.41. The van der Waals surface area contributed by atoms with Gasteiger partial charge in [0.2, 0.25) is 0 Å². The van der Waals surface area contributed by atoms with Crippen molar-refractivity contribution in [3.05, 3.63) is 0 Å². The summed E-state index contributed by atoms with van der Waals surface area (Å²) in [5.41, 5.74) is 0. The zero-order chi connectivity index (χ0) is 9.90. The molecule has 3 nitrogen and oxygen atoms in total. The highest BCUT2D eigenvalue weighted by molar-refractivity contribution is 7.91. The van der Waals surface area contributed by atoms with E-state index >= 15 is 0 Å². The van der Waals surface area contributed by atoms with Crippen LogP contribution < -0.4 is 5.32 Å². The second kappa shape index (κ2) is 4.42. The third-order valence-corrected chi connectivity index (χ3v) is 4.47. The summed E-state index contributed by atoms with van der Waals surface area (Å²) >= 11 is 0. The Morgan fingerprint density at radius 1 is 1.38 bits per heavy atom. The van der Waals surface area contributed by atoms with E-state index in [1.165, 1.54) is 12.7 Å². The Morgan fingerprint density at radius 2 is 2.08 bits per heavy atom. The van der Waals surface area contributed by atoms with Gasteiger partial charge in [-0.3, -0.25) is 0 Å². The van der Waals surface area contributed by atoms with Crippen molar-refractivity contribution in [3.63, 3.8) is 0 Å². The van der Waals surface area contributed by atoms with E-state index in [9.17, 15) is 8.42 Å². The largest absolute Gasteiger partial charge is 0.319 e. The van der Waals surface area contributed by atoms with E-state index in [0.29, 0.717) is 5.92 Å². The molecule has 0 amide bonds. The molecular weight excluding hydrogens is 186 g/mol. The van der Waals surface area contributed by atoms with E-state index in [1.807, 2.05) is 7.05 Å². The average Bonchev–Trinajstić information content (AvgIpc) is 2.04. The van der Waals surface area contributed by atoms with Crippen LogP contribution in [0.5, 0.6) is 0 Å². The first kappa shape index (κ1) is 11.0. The molecule has 1 N–H and O–H groups in total. The van der Waals surface area contributed by atoms with Crippen LogP contribution in [0.15, 0.2) is 0 Å². The van der Waals surface area contributed by atoms with E-state index in [1.54, 1.807) is 0 Å². The third kappa shape index (κ3) is 3.27. The van der Waals surface area contributed by atoms with Crippen LogP contribution in [0.2, 0.25) is 0 Å². The van der Waals surface area contributed by atoms with Crippen molar-refractivity contribution in [2.24, 2.45) is 5.92 Å². The fourth-order valence-electron chi connectivity index (χ4n) is 2.10. The van der Waals surface area contributed by atoms with Gasteiger partial charge < -0.3 is 5.32 Å². The Morgan fingerprint density at radius 3 is 2.62 bits per heavy atom. The van der Waals surface area contributed by atoms with Crippen molar-refractivity contribution < 1.29 is 8.42 Å². The maximum Gasteiger partial charge on any atom is 0.150 e. The minimum atomic E-state index is -2.80. The van der Waals surface area contributed by atoms with Crippen molar-refractivity contribution in [3.8, 4) is 0 Å². The lowest BCUT2D eigenvalue weighted by Gasteiger charge is -2.27. The average molecular weight is 205 g/mol. The molecule has 1 saturated carbocycles. The summed E-state index contributed by atoms with van der Waals surface area (Å²) in [6.07, 6.45) is 5.30. The molecule has 1 aliphatic carbocycles. The Balaban J connectivity index is 2.52. The Bertz CT molecular complexity index is 246. The fraction of sp³-hybridized carbons (Fsp3) is 1.00. The second-order valence-corrected chi connectivity index (χ2v) is 6.37. The van der Waals surface area contributed by atoms with Gasteiger partial charge in [0.05, 0.1) is 5.25 Å². The van der Waals surface area contributed by atoms with Gasteiger partial charge in [-0.15, -0.1) is 0 Å². The molecule has 0 bridgehead atoms. The molecule has 2 atom stereocenters. The molecule has 4 heteroatoms. The summed E-state index contributed by atoms with van der Waals surface area (Å²) < 4.78 is 22.6. The molecule has 2 unspecified atom stereocenters. The molecule has 0 aromatic carbocycles. The lowest BCUT2D eigenvalue weighted by Crippen LogP contribution is -2.31. The van der Waals surface area contributed by atoms with Crippen molar-refractivity contribution >= 4 is 9.84 Å². The lowest BCUT2D eigenvalue weighted by molar-refractivity contribution is 0.349. The van der Waals surface area contributed by atoms with Gasteiger partial charge in [0.1, 0.15) is 9.84 Å². The molecule has 0 aliphatic heterocycles. The number of rotatable bonds is 3. The quantitative estimate of drug-likeness (QED) is 0.741. The highest BCUT2D eigenvalue weighted by atomic mass is 32.2. The summed E-state index contributed by atoms with van der Waals surface area (Å²) in [6.45, 7) is 0.950. The minimum absolute atomic E-state index is 0.0837. The highest BCUT2D eigenvalue weighted by Crippen LogP contribution is 2.27. The monoisotopic (exact) mass is 205 g/mol. The lowest BCUT2D eigenvalue weighted by atomic mass is 9.89. The molecular formula is C9H19NO2S. The molecule has 1 aliphatic rings. The summed E-state index contributed by atoms with van der Waals surface area (Å²) in [4.78, 5) is 0. The minimum Gasteiger partial charge on any atom is -0.319 e. The van der Waals surface area contributed by atoms with Crippen molar-refractivity contribution in [2.45, 2.75) is 30.9 Å². The second-order valence-electron chi connectivity index (χ2n) is 4.04. The van der Waals surface area contributed by atoms with E-state index in [4.69, 9.17) is 0 Å². The predicted octanol–water partition coefficient (Wildman–Crippen LogP) is 0.809. The van der Waals surface area contributed by atoms with Gasteiger partial charge in [-0.05, 0) is 38.8 Å². The van der Waals surface area contributed by atoms with Gasteiger partial charge in [0.15, 0.2) is 0 Å². The molecule has 78 valence electrons. The summed E-state index contributed by atoms with van der Waals surface area (Å²) in [7, 11) is -0.884. The molecule has 0 saturated heterocycles. The molecule has 0 aromatic rings. The van der Waals surface area contributed by atoms with E-state index < -0.39 is 9.84 Å². The van der Waals surface area contributed by atoms with Crippen LogP contribution in [0.4, 0.5) is 0 Å². The number of hydrogen-bond donors (Lipinski definition) is 1. The van der Waals surface area contributed by atoms with Crippen molar-refractivity contribution in [1.29, 1.82) is 0 Å². The van der Waals surface area contributed by atoms with Crippen molar-refractivity contribution in [2.75, 3.05) is 19.8 Å². The number of hydrogen-bond acceptors (Lipinski definition) is 3. The highest BCUT2D eigenvalue weighted by Gasteiger charge is 2.28. The van der Waals surface area contributed by atoms with Gasteiger partial charge >= 0.3 is 0 Å². The number of nitrogens with one attached hydrogen (secondary N) is 1. The Labute approximate surface area is 80.8 Å². The number of sulfone groups is 1. The molecule has 13 heavy (non-hydrogen) atoms. The molecule has 1 fully saturated rings. The summed E-state index contributed by atoms with van der Waals surface area (Å²) in [5.74, 6) is 0.554. The predicted molar refractivity (Wildman–Crippen MR) is 54.5 cm³/mol. The van der Waals surface area contributed by atoms with Gasteiger partial charge in [-0.25, -0.2) is 8.42 Å². The van der Waals surface area contributed by atoms with Gasteiger partial charge in [-0.2, -0.15) is 0 Å². The molecule has 0 heterocycles. The van der Waals surface area contributed by atoms with Crippen LogP contribution in [-0.4, -0.2) is 33.5 Å². The van der Waals surface area contributed by atoms with Gasteiger partial charge in [0, 0.05) is 6.26 Å². The molecule has 1 rings (SSSR count). The molecule has 0 spiro atoms. The van der Waals surface area contributed by atoms with E-state index in [-0.39, 0.29) is 5.25 Å². The smallest absolute Gasteiger partial charge is 0.150 e. The first-order valence-electron chi connectivity index (χ1n) is 4.87. The van der Waals surface area contributed by atoms with Crippen LogP contribution in [0, 0.1) is 5.92 Å². The van der Waals surface area contributed by atoms with Gasteiger partial charge in [-0.1, -0.05) is 6.42 Å². The fourth-order valence-corrected chi connectivity index (χ4v) is 3.32. The van der Waals surface area contributed by atoms with Crippen LogP contribution in [0.25, 0.3) is 0 Å². The zero-order valence-corrected chi connectivity index (χ0v) is 9.23. The van der Waals surface area contributed by atoms with Crippen LogP contribution in [-0.2, 0) is 9.84 Å². The first-order chi connectivity index (χ1) is 6.04. The maximum absolute atomic E-state index is 11.3. The van der Waals surface area contributed by atoms with Crippen LogP contribution in [0.1, 0.15) is 25.7 Å². The molecule has 0 radical (unpaired) electrons. The third-order valence-electron chi connectivity index (χ3n) is 2.83. The standard InChI is InChI=1S/C9H19NO2S/c1-10-7-8-4-3-5-9(6-8)13(2,11)12/h8-10H,3-7H2,1-2H3. The Kier molecular flexibility index (Phi) is 3.74. The summed E-state index contributed by atoms with van der Waals surface area (Å²) in [5, 5.41) is 3.03. The topological polar surface area (TPSA) is 46.2 Å². The molecule has 0 aromatic heterocycles. The van der Waals surface area contributed by atoms with Gasteiger partial charge in [0.25, 0.3) is 0 Å². The summed E-state index contributed by atoms with van der Waals surface area (Å²) in [6, 6.07) is 0. The van der Waals surface area contributed by atoms with Crippen LogP contribution in [0.3, 0.4) is 0 Å². The normalized spacial score (nSPS) is 30.3. The van der Waals surface area contributed by atoms with E-state index in [0.717, 1.165) is 25.8 Å².